The van der Waals surface area contributed by atoms with Gasteiger partial charge in [0.15, 0.2) is 0 Å². The first-order chi connectivity index (χ1) is 3.48. The molecule has 0 aliphatic heterocycles. The summed E-state index contributed by atoms with van der Waals surface area (Å²) < 4.78 is 0. The van der Waals surface area contributed by atoms with E-state index in [9.17, 15) is 0 Å². The summed E-state index contributed by atoms with van der Waals surface area (Å²) >= 11 is 0. The summed E-state index contributed by atoms with van der Waals surface area (Å²) in [5, 5.41) is 0. The van der Waals surface area contributed by atoms with E-state index < -0.39 is 0 Å². The molecule has 0 unspecified atom stereocenters. The Morgan fingerprint density at radius 3 is 1.67 bits per heavy atom. The largest absolute Gasteiger partial charge is 2.00 e. The maximum absolute atomic E-state index is 3.97. The van der Waals surface area contributed by atoms with Crippen LogP contribution in [0.3, 0.4) is 0 Å². The molecule has 0 aliphatic rings. The molecule has 0 aliphatic carbocycles. The van der Waals surface area contributed by atoms with E-state index in [-0.39, 0.29) is 21.7 Å². The molecule has 0 fully saturated rings. The van der Waals surface area contributed by atoms with E-state index in [1.54, 1.807) is 0 Å². The minimum atomic E-state index is 0. The van der Waals surface area contributed by atoms with Gasteiger partial charge in [-0.15, -0.1) is 0 Å². The van der Waals surface area contributed by atoms with E-state index in [0.29, 0.717) is 11.3 Å². The van der Waals surface area contributed by atoms with Crippen LogP contribution in [0.5, 0.6) is 0 Å². The fourth-order valence-corrected chi connectivity index (χ4v) is 0.500. The Morgan fingerprint density at radius 2 is 1.67 bits per heavy atom. The fourth-order valence-electron chi connectivity index (χ4n) is 0.500. The summed E-state index contributed by atoms with van der Waals surface area (Å²) in [6.07, 6.45) is 2.14. The van der Waals surface area contributed by atoms with Gasteiger partial charge in [-0.3, -0.25) is 5.92 Å². The molecule has 0 rings (SSSR count). The van der Waals surface area contributed by atoms with Crippen LogP contribution >= 0.6 is 0 Å². The SMILES string of the molecule is [CH2-][C@H]([CH-]C)C(C)(C)C.[Ti+2]. The van der Waals surface area contributed by atoms with E-state index in [0.717, 1.165) is 0 Å². The zero-order valence-corrected chi connectivity index (χ0v) is 8.42. The summed E-state index contributed by atoms with van der Waals surface area (Å²) in [5.41, 5.74) is 0.342. The molecule has 0 radical (unpaired) electrons. The second kappa shape index (κ2) is 4.52. The predicted molar refractivity (Wildman–Crippen MR) is 38.3 cm³/mol. The second-order valence-corrected chi connectivity index (χ2v) is 3.31. The molecule has 52 valence electrons. The fraction of sp³-hybridized carbons (Fsp3) is 0.750. The summed E-state index contributed by atoms with van der Waals surface area (Å²) in [6, 6.07) is 0. The summed E-state index contributed by atoms with van der Waals surface area (Å²) in [4.78, 5) is 0. The molecule has 0 aromatic heterocycles. The zero-order chi connectivity index (χ0) is 6.78. The van der Waals surface area contributed by atoms with Gasteiger partial charge in [-0.05, 0) is 0 Å². The molecule has 0 aromatic rings. The van der Waals surface area contributed by atoms with Gasteiger partial charge < -0.3 is 13.3 Å². The van der Waals surface area contributed by atoms with Gasteiger partial charge in [0.2, 0.25) is 0 Å². The third-order valence-electron chi connectivity index (χ3n) is 1.51. The van der Waals surface area contributed by atoms with E-state index >= 15 is 0 Å². The molecule has 0 saturated carbocycles. The van der Waals surface area contributed by atoms with Crippen molar-refractivity contribution in [1.82, 2.24) is 0 Å². The molecule has 0 aromatic carbocycles. The van der Waals surface area contributed by atoms with Crippen molar-refractivity contribution in [3.8, 4) is 0 Å². The average Bonchev–Trinajstić information content (AvgIpc) is 1.62. The number of hydrogen-bond acceptors (Lipinski definition) is 0. The average molecular weight is 160 g/mol. The van der Waals surface area contributed by atoms with Gasteiger partial charge in [-0.25, -0.2) is 0 Å². The molecular weight excluding hydrogens is 144 g/mol. The van der Waals surface area contributed by atoms with Crippen LogP contribution in [0.2, 0.25) is 0 Å². The van der Waals surface area contributed by atoms with Gasteiger partial charge in [0.1, 0.15) is 0 Å². The monoisotopic (exact) mass is 160 g/mol. The van der Waals surface area contributed by atoms with Crippen molar-refractivity contribution in [1.29, 1.82) is 0 Å². The van der Waals surface area contributed by atoms with Crippen LogP contribution < -0.4 is 0 Å². The maximum Gasteiger partial charge on any atom is 2.00 e. The Morgan fingerprint density at radius 1 is 1.33 bits per heavy atom. The van der Waals surface area contributed by atoms with Crippen molar-refractivity contribution in [2.75, 3.05) is 0 Å². The quantitative estimate of drug-likeness (QED) is 0.408. The molecule has 0 spiro atoms. The second-order valence-electron chi connectivity index (χ2n) is 3.31. The molecule has 0 nitrogen and oxygen atoms in total. The van der Waals surface area contributed by atoms with Crippen LogP contribution in [0.15, 0.2) is 0 Å². The van der Waals surface area contributed by atoms with Crippen molar-refractivity contribution in [3.05, 3.63) is 13.3 Å². The number of hydrogen-bond donors (Lipinski definition) is 0. The van der Waals surface area contributed by atoms with E-state index in [1.165, 1.54) is 0 Å². The van der Waals surface area contributed by atoms with Gasteiger partial charge in [-0.2, -0.15) is 6.92 Å². The molecule has 0 saturated heterocycles. The van der Waals surface area contributed by atoms with Gasteiger partial charge in [0, 0.05) is 0 Å². The summed E-state index contributed by atoms with van der Waals surface area (Å²) in [7, 11) is 0. The van der Waals surface area contributed by atoms with Crippen LogP contribution in [-0.2, 0) is 21.7 Å². The molecule has 0 heterocycles. The van der Waals surface area contributed by atoms with E-state index in [4.69, 9.17) is 0 Å². The Hall–Kier alpha value is 0.714. The van der Waals surface area contributed by atoms with Crippen LogP contribution in [0.1, 0.15) is 27.7 Å². The Balaban J connectivity index is 0. The first kappa shape index (κ1) is 12.4. The van der Waals surface area contributed by atoms with Crippen molar-refractivity contribution in [3.63, 3.8) is 0 Å². The van der Waals surface area contributed by atoms with E-state index in [1.807, 2.05) is 0 Å². The standard InChI is InChI=1S/C8H16.Ti/c1-6-7(2)8(3,4)5;/h6-7H,2H2,1,3-5H3;/q-2;+2/t7-;/m1./s1. The topological polar surface area (TPSA) is 0 Å². The van der Waals surface area contributed by atoms with Crippen molar-refractivity contribution in [2.45, 2.75) is 27.7 Å². The molecule has 0 N–H and O–H groups in total. The maximum atomic E-state index is 3.97. The molecule has 1 atom stereocenters. The first-order valence-electron chi connectivity index (χ1n) is 3.11. The smallest absolute Gasteiger partial charge is 0.369 e. The Bertz CT molecular complexity index is 61.5. The van der Waals surface area contributed by atoms with Crippen LogP contribution in [0.25, 0.3) is 0 Å². The molecule has 1 heteroatoms. The summed E-state index contributed by atoms with van der Waals surface area (Å²) in [5.74, 6) is 0.475. The van der Waals surface area contributed by atoms with Crippen molar-refractivity contribution in [2.24, 2.45) is 11.3 Å². The molecular formula is C8H16Ti. The van der Waals surface area contributed by atoms with Crippen LogP contribution in [0, 0.1) is 24.7 Å². The zero-order valence-electron chi connectivity index (χ0n) is 6.86. The normalized spacial score (nSPS) is 14.3. The van der Waals surface area contributed by atoms with Gasteiger partial charge >= 0.3 is 21.7 Å². The molecule has 0 amide bonds. The molecule has 9 heavy (non-hydrogen) atoms. The van der Waals surface area contributed by atoms with Crippen LogP contribution in [0.4, 0.5) is 0 Å². The minimum absolute atomic E-state index is 0. The Kier molecular flexibility index (Phi) is 6.22. The van der Waals surface area contributed by atoms with Crippen molar-refractivity contribution >= 4 is 0 Å². The Labute approximate surface area is 74.3 Å². The number of rotatable bonds is 1. The van der Waals surface area contributed by atoms with Gasteiger partial charge in [0.05, 0.1) is 0 Å². The molecule has 0 bridgehead atoms. The predicted octanol–water partition coefficient (Wildman–Crippen LogP) is 2.70. The van der Waals surface area contributed by atoms with Gasteiger partial charge in [0.25, 0.3) is 0 Å². The van der Waals surface area contributed by atoms with E-state index in [2.05, 4.69) is 41.0 Å². The first-order valence-corrected chi connectivity index (χ1v) is 3.11. The van der Waals surface area contributed by atoms with Crippen LogP contribution in [-0.4, -0.2) is 0 Å². The third-order valence-corrected chi connectivity index (χ3v) is 1.51. The third kappa shape index (κ3) is 5.17. The minimum Gasteiger partial charge on any atom is -0.369 e. The van der Waals surface area contributed by atoms with Gasteiger partial charge in [-0.1, -0.05) is 26.2 Å². The van der Waals surface area contributed by atoms with Crippen molar-refractivity contribution < 1.29 is 21.7 Å². The summed E-state index contributed by atoms with van der Waals surface area (Å²) in [6.45, 7) is 12.6.